The number of hydrogen-bond acceptors (Lipinski definition) is 5. The fraction of sp³-hybridized carbons (Fsp3) is 0.750. The molecule has 6 heteroatoms. The summed E-state index contributed by atoms with van der Waals surface area (Å²) in [7, 11) is 2.14. The molecule has 0 N–H and O–H groups in total. The zero-order valence-corrected chi connectivity index (χ0v) is 9.85. The van der Waals surface area contributed by atoms with Crippen LogP contribution in [0.15, 0.2) is 0 Å². The van der Waals surface area contributed by atoms with Crippen LogP contribution >= 0.6 is 23.3 Å². The molecule has 0 radical (unpaired) electrons. The van der Waals surface area contributed by atoms with Gasteiger partial charge in [0.05, 0.1) is 11.7 Å². The van der Waals surface area contributed by atoms with E-state index in [0.717, 1.165) is 25.5 Å². The summed E-state index contributed by atoms with van der Waals surface area (Å²) in [6, 6.07) is 0.543. The maximum Gasteiger partial charge on any atom is 0.187 e. The lowest BCUT2D eigenvalue weighted by atomic mass is 10.2. The summed E-state index contributed by atoms with van der Waals surface area (Å²) < 4.78 is 8.18. The average Bonchev–Trinajstić information content (AvgIpc) is 2.57. The van der Waals surface area contributed by atoms with E-state index in [4.69, 9.17) is 11.6 Å². The topological polar surface area (TPSA) is 32.3 Å². The SMILES string of the molecule is CC1CN(c2nsnc2Cl)CCN1C. The van der Waals surface area contributed by atoms with Gasteiger partial charge in [0.1, 0.15) is 0 Å². The van der Waals surface area contributed by atoms with E-state index in [1.54, 1.807) is 0 Å². The molecule has 4 nitrogen and oxygen atoms in total. The first-order valence-corrected chi connectivity index (χ1v) is 5.72. The number of likely N-dealkylation sites (N-methyl/N-ethyl adjacent to an activating group) is 1. The Hall–Kier alpha value is -0.390. The van der Waals surface area contributed by atoms with Crippen molar-refractivity contribution < 1.29 is 0 Å². The number of nitrogens with zero attached hydrogens (tertiary/aromatic N) is 4. The van der Waals surface area contributed by atoms with Crippen LogP contribution < -0.4 is 4.90 Å². The van der Waals surface area contributed by atoms with Gasteiger partial charge in [-0.1, -0.05) is 11.6 Å². The Kier molecular flexibility index (Phi) is 2.90. The summed E-state index contributed by atoms with van der Waals surface area (Å²) in [6.45, 7) is 5.21. The highest BCUT2D eigenvalue weighted by Crippen LogP contribution is 2.24. The number of hydrogen-bond donors (Lipinski definition) is 0. The maximum absolute atomic E-state index is 5.94. The summed E-state index contributed by atoms with van der Waals surface area (Å²) in [4.78, 5) is 4.54. The van der Waals surface area contributed by atoms with Crippen molar-refractivity contribution in [2.75, 3.05) is 31.6 Å². The fourth-order valence-corrected chi connectivity index (χ4v) is 2.38. The lowest BCUT2D eigenvalue weighted by Gasteiger charge is -2.37. The monoisotopic (exact) mass is 232 g/mol. The number of rotatable bonds is 1. The maximum atomic E-state index is 5.94. The molecule has 2 heterocycles. The minimum Gasteiger partial charge on any atom is -0.350 e. The van der Waals surface area contributed by atoms with Gasteiger partial charge in [0.25, 0.3) is 0 Å². The van der Waals surface area contributed by atoms with Gasteiger partial charge < -0.3 is 9.80 Å². The summed E-state index contributed by atoms with van der Waals surface area (Å²) in [5.74, 6) is 0.844. The Morgan fingerprint density at radius 2 is 2.21 bits per heavy atom. The van der Waals surface area contributed by atoms with Crippen molar-refractivity contribution in [2.45, 2.75) is 13.0 Å². The number of halogens is 1. The predicted octanol–water partition coefficient (Wildman–Crippen LogP) is 1.33. The van der Waals surface area contributed by atoms with E-state index in [1.807, 2.05) is 0 Å². The van der Waals surface area contributed by atoms with E-state index < -0.39 is 0 Å². The van der Waals surface area contributed by atoms with Gasteiger partial charge in [-0.05, 0) is 14.0 Å². The van der Waals surface area contributed by atoms with Gasteiger partial charge in [-0.2, -0.15) is 8.75 Å². The Morgan fingerprint density at radius 1 is 1.43 bits per heavy atom. The molecule has 0 aliphatic carbocycles. The van der Waals surface area contributed by atoms with Crippen LogP contribution in [0.3, 0.4) is 0 Å². The Bertz CT molecular complexity index is 316. The van der Waals surface area contributed by atoms with E-state index in [-0.39, 0.29) is 0 Å². The van der Waals surface area contributed by atoms with Gasteiger partial charge in [-0.3, -0.25) is 0 Å². The fourth-order valence-electron chi connectivity index (χ4n) is 1.60. The molecule has 0 spiro atoms. The number of aromatic nitrogens is 2. The van der Waals surface area contributed by atoms with E-state index in [1.165, 1.54) is 11.7 Å². The second-order valence-corrected chi connectivity index (χ2v) is 4.54. The molecule has 1 aromatic heterocycles. The quantitative estimate of drug-likeness (QED) is 0.732. The Balaban J connectivity index is 2.10. The smallest absolute Gasteiger partial charge is 0.187 e. The highest BCUT2D eigenvalue weighted by Gasteiger charge is 2.23. The van der Waals surface area contributed by atoms with E-state index in [0.29, 0.717) is 11.2 Å². The van der Waals surface area contributed by atoms with E-state index >= 15 is 0 Å². The summed E-state index contributed by atoms with van der Waals surface area (Å²) in [5.41, 5.74) is 0. The molecule has 1 unspecified atom stereocenters. The van der Waals surface area contributed by atoms with Crippen molar-refractivity contribution in [3.63, 3.8) is 0 Å². The summed E-state index contributed by atoms with van der Waals surface area (Å²) >= 11 is 7.11. The van der Waals surface area contributed by atoms with Crippen molar-refractivity contribution in [2.24, 2.45) is 0 Å². The first-order chi connectivity index (χ1) is 6.68. The predicted molar refractivity (Wildman–Crippen MR) is 59.2 cm³/mol. The van der Waals surface area contributed by atoms with Crippen molar-refractivity contribution >= 4 is 29.1 Å². The molecule has 1 fully saturated rings. The summed E-state index contributed by atoms with van der Waals surface area (Å²) in [6.07, 6.45) is 0. The first-order valence-electron chi connectivity index (χ1n) is 4.61. The zero-order chi connectivity index (χ0) is 10.1. The Labute approximate surface area is 92.8 Å². The average molecular weight is 233 g/mol. The molecule has 14 heavy (non-hydrogen) atoms. The van der Waals surface area contributed by atoms with Crippen LogP contribution in [0.5, 0.6) is 0 Å². The van der Waals surface area contributed by atoms with Crippen LogP contribution in [0.4, 0.5) is 5.82 Å². The van der Waals surface area contributed by atoms with Crippen LogP contribution in [0.1, 0.15) is 6.92 Å². The molecule has 0 aromatic carbocycles. The normalized spacial score (nSPS) is 24.2. The third-order valence-corrected chi connectivity index (χ3v) is 3.56. The minimum atomic E-state index is 0.534. The molecule has 1 aliphatic heterocycles. The second kappa shape index (κ2) is 4.00. The lowest BCUT2D eigenvalue weighted by Crippen LogP contribution is -2.50. The molecule has 1 aliphatic rings. The highest BCUT2D eigenvalue weighted by atomic mass is 35.5. The molecule has 0 amide bonds. The molecular weight excluding hydrogens is 220 g/mol. The molecule has 1 aromatic rings. The van der Waals surface area contributed by atoms with Gasteiger partial charge >= 0.3 is 0 Å². The van der Waals surface area contributed by atoms with Crippen LogP contribution in [0, 0.1) is 0 Å². The molecule has 1 atom stereocenters. The standard InChI is InChI=1S/C8H13ClN4S/c1-6-5-13(4-3-12(6)2)8-7(9)10-14-11-8/h6H,3-5H2,1-2H3. The van der Waals surface area contributed by atoms with Crippen molar-refractivity contribution in [1.82, 2.24) is 13.6 Å². The van der Waals surface area contributed by atoms with Crippen LogP contribution in [0.25, 0.3) is 0 Å². The van der Waals surface area contributed by atoms with Gasteiger partial charge in [0, 0.05) is 25.7 Å². The molecular formula is C8H13ClN4S. The van der Waals surface area contributed by atoms with E-state index in [9.17, 15) is 0 Å². The van der Waals surface area contributed by atoms with Gasteiger partial charge in [0.2, 0.25) is 0 Å². The molecule has 78 valence electrons. The molecule has 2 rings (SSSR count). The van der Waals surface area contributed by atoms with Crippen LogP contribution in [-0.2, 0) is 0 Å². The largest absolute Gasteiger partial charge is 0.350 e. The summed E-state index contributed by atoms with van der Waals surface area (Å²) in [5, 5.41) is 0.534. The zero-order valence-electron chi connectivity index (χ0n) is 8.27. The van der Waals surface area contributed by atoms with Crippen molar-refractivity contribution in [1.29, 1.82) is 0 Å². The molecule has 0 saturated carbocycles. The first kappa shape index (κ1) is 10.1. The third-order valence-electron chi connectivity index (χ3n) is 2.69. The minimum absolute atomic E-state index is 0.534. The number of anilines is 1. The van der Waals surface area contributed by atoms with Crippen LogP contribution in [0.2, 0.25) is 5.15 Å². The van der Waals surface area contributed by atoms with E-state index in [2.05, 4.69) is 32.5 Å². The van der Waals surface area contributed by atoms with Crippen molar-refractivity contribution in [3.05, 3.63) is 5.15 Å². The third kappa shape index (κ3) is 1.85. The second-order valence-electron chi connectivity index (χ2n) is 3.65. The van der Waals surface area contributed by atoms with Crippen molar-refractivity contribution in [3.8, 4) is 0 Å². The Morgan fingerprint density at radius 3 is 2.79 bits per heavy atom. The number of piperazine rings is 1. The molecule has 1 saturated heterocycles. The van der Waals surface area contributed by atoms with Gasteiger partial charge in [-0.15, -0.1) is 0 Å². The lowest BCUT2D eigenvalue weighted by molar-refractivity contribution is 0.233. The molecule has 0 bridgehead atoms. The van der Waals surface area contributed by atoms with Gasteiger partial charge in [0.15, 0.2) is 11.0 Å². The van der Waals surface area contributed by atoms with Gasteiger partial charge in [-0.25, -0.2) is 0 Å². The highest BCUT2D eigenvalue weighted by molar-refractivity contribution is 6.99. The van der Waals surface area contributed by atoms with Crippen LogP contribution in [-0.4, -0.2) is 46.4 Å².